The third-order valence-corrected chi connectivity index (χ3v) is 4.46. The lowest BCUT2D eigenvalue weighted by atomic mass is 10.2. The maximum atomic E-state index is 12.3. The van der Waals surface area contributed by atoms with Crippen LogP contribution in [0.25, 0.3) is 0 Å². The Kier molecular flexibility index (Phi) is 4.24. The lowest BCUT2D eigenvalue weighted by Gasteiger charge is -2.30. The highest BCUT2D eigenvalue weighted by molar-refractivity contribution is 8.01. The zero-order chi connectivity index (χ0) is 13.1. The number of methoxy groups -OCH3 is 1. The van der Waals surface area contributed by atoms with Crippen LogP contribution in [0, 0.1) is 0 Å². The summed E-state index contributed by atoms with van der Waals surface area (Å²) in [6.07, 6.45) is 4.18. The fourth-order valence-corrected chi connectivity index (χ4v) is 3.47. The zero-order valence-electron chi connectivity index (χ0n) is 10.9. The standard InChI is InChI=1S/C13H18N2O2S/c1-4-11(17-3)15-12(16)9(2)18-13(15)10-6-5-7-14-8-10/h5-9,11,13H,4H2,1-3H3. The second kappa shape index (κ2) is 5.71. The van der Waals surface area contributed by atoms with Crippen molar-refractivity contribution >= 4 is 17.7 Å². The van der Waals surface area contributed by atoms with E-state index in [0.717, 1.165) is 12.0 Å². The number of carbonyl (C=O) groups is 1. The zero-order valence-corrected chi connectivity index (χ0v) is 11.7. The van der Waals surface area contributed by atoms with Crippen LogP contribution in [0.1, 0.15) is 31.2 Å². The molecule has 0 aliphatic carbocycles. The van der Waals surface area contributed by atoms with Gasteiger partial charge in [0.15, 0.2) is 0 Å². The summed E-state index contributed by atoms with van der Waals surface area (Å²) in [6, 6.07) is 3.90. The minimum Gasteiger partial charge on any atom is -0.361 e. The minimum absolute atomic E-state index is 0.00565. The van der Waals surface area contributed by atoms with Gasteiger partial charge in [0, 0.05) is 25.1 Å². The van der Waals surface area contributed by atoms with Crippen molar-refractivity contribution in [2.24, 2.45) is 0 Å². The van der Waals surface area contributed by atoms with Gasteiger partial charge in [0.1, 0.15) is 11.6 Å². The summed E-state index contributed by atoms with van der Waals surface area (Å²) in [5.74, 6) is 0.141. The number of amides is 1. The molecule has 2 rings (SSSR count). The molecule has 1 fully saturated rings. The van der Waals surface area contributed by atoms with E-state index in [2.05, 4.69) is 4.98 Å². The van der Waals surface area contributed by atoms with Gasteiger partial charge < -0.3 is 4.74 Å². The summed E-state index contributed by atoms with van der Waals surface area (Å²) in [5, 5.41) is -0.0227. The molecule has 0 radical (unpaired) electrons. The largest absolute Gasteiger partial charge is 0.361 e. The van der Waals surface area contributed by atoms with Crippen LogP contribution in [-0.2, 0) is 9.53 Å². The van der Waals surface area contributed by atoms with Crippen molar-refractivity contribution in [1.29, 1.82) is 0 Å². The van der Waals surface area contributed by atoms with Crippen LogP contribution in [0.2, 0.25) is 0 Å². The van der Waals surface area contributed by atoms with Crippen molar-refractivity contribution < 1.29 is 9.53 Å². The predicted octanol–water partition coefficient (Wildman–Crippen LogP) is 2.43. The maximum Gasteiger partial charge on any atom is 0.238 e. The Morgan fingerprint density at radius 1 is 1.61 bits per heavy atom. The van der Waals surface area contributed by atoms with Gasteiger partial charge in [-0.3, -0.25) is 14.7 Å². The third kappa shape index (κ3) is 2.37. The normalized spacial score (nSPS) is 25.5. The molecule has 1 aliphatic rings. The Morgan fingerprint density at radius 2 is 2.39 bits per heavy atom. The first-order chi connectivity index (χ1) is 8.69. The first kappa shape index (κ1) is 13.4. The molecule has 0 saturated carbocycles. The summed E-state index contributed by atoms with van der Waals surface area (Å²) < 4.78 is 5.43. The summed E-state index contributed by atoms with van der Waals surface area (Å²) in [6.45, 7) is 3.97. The molecule has 98 valence electrons. The number of hydrogen-bond donors (Lipinski definition) is 0. The molecule has 4 nitrogen and oxygen atoms in total. The van der Waals surface area contributed by atoms with Crippen LogP contribution >= 0.6 is 11.8 Å². The van der Waals surface area contributed by atoms with Crippen LogP contribution in [0.15, 0.2) is 24.5 Å². The van der Waals surface area contributed by atoms with Crippen LogP contribution in [-0.4, -0.2) is 34.4 Å². The molecule has 3 atom stereocenters. The molecule has 1 aromatic rings. The highest BCUT2D eigenvalue weighted by Crippen LogP contribution is 2.44. The number of pyridine rings is 1. The summed E-state index contributed by atoms with van der Waals surface area (Å²) in [5.41, 5.74) is 1.05. The van der Waals surface area contributed by atoms with E-state index in [1.807, 2.05) is 37.1 Å². The Labute approximate surface area is 112 Å². The minimum atomic E-state index is -0.167. The number of hydrogen-bond acceptors (Lipinski definition) is 4. The van der Waals surface area contributed by atoms with E-state index in [9.17, 15) is 4.79 Å². The monoisotopic (exact) mass is 266 g/mol. The summed E-state index contributed by atoms with van der Waals surface area (Å²) in [4.78, 5) is 18.2. The van der Waals surface area contributed by atoms with Gasteiger partial charge in [0.05, 0.1) is 5.25 Å². The number of ether oxygens (including phenoxy) is 1. The average Bonchev–Trinajstić information content (AvgIpc) is 2.70. The molecule has 1 aromatic heterocycles. The smallest absolute Gasteiger partial charge is 0.238 e. The van der Waals surface area contributed by atoms with Crippen LogP contribution in [0.5, 0.6) is 0 Å². The van der Waals surface area contributed by atoms with Crippen molar-refractivity contribution in [2.75, 3.05) is 7.11 Å². The summed E-state index contributed by atoms with van der Waals surface area (Å²) >= 11 is 1.65. The van der Waals surface area contributed by atoms with E-state index in [1.54, 1.807) is 25.1 Å². The van der Waals surface area contributed by atoms with Crippen molar-refractivity contribution in [1.82, 2.24) is 9.88 Å². The Balaban J connectivity index is 2.31. The van der Waals surface area contributed by atoms with E-state index in [-0.39, 0.29) is 22.8 Å². The van der Waals surface area contributed by atoms with Crippen molar-refractivity contribution in [3.8, 4) is 0 Å². The lowest BCUT2D eigenvalue weighted by Crippen LogP contribution is -2.40. The highest BCUT2D eigenvalue weighted by Gasteiger charge is 2.42. The molecule has 0 bridgehead atoms. The molecular weight excluding hydrogens is 248 g/mol. The Hall–Kier alpha value is -1.07. The fraction of sp³-hybridized carbons (Fsp3) is 0.538. The molecule has 1 aliphatic heterocycles. The number of aromatic nitrogens is 1. The van der Waals surface area contributed by atoms with E-state index >= 15 is 0 Å². The molecule has 0 N–H and O–H groups in total. The van der Waals surface area contributed by atoms with E-state index in [1.165, 1.54) is 0 Å². The second-order valence-electron chi connectivity index (χ2n) is 4.26. The van der Waals surface area contributed by atoms with Gasteiger partial charge in [0.2, 0.25) is 5.91 Å². The Morgan fingerprint density at radius 3 is 2.94 bits per heavy atom. The number of thioether (sulfide) groups is 1. The molecule has 1 amide bonds. The van der Waals surface area contributed by atoms with E-state index in [0.29, 0.717) is 0 Å². The van der Waals surface area contributed by atoms with Crippen LogP contribution in [0.4, 0.5) is 0 Å². The number of carbonyl (C=O) groups excluding carboxylic acids is 1. The molecule has 0 spiro atoms. The van der Waals surface area contributed by atoms with Crippen molar-refractivity contribution in [3.05, 3.63) is 30.1 Å². The maximum absolute atomic E-state index is 12.3. The Bertz CT molecular complexity index is 409. The topological polar surface area (TPSA) is 42.4 Å². The number of rotatable bonds is 4. The van der Waals surface area contributed by atoms with Crippen LogP contribution < -0.4 is 0 Å². The summed E-state index contributed by atoms with van der Waals surface area (Å²) in [7, 11) is 1.65. The highest BCUT2D eigenvalue weighted by atomic mass is 32.2. The first-order valence-corrected chi connectivity index (χ1v) is 7.03. The van der Waals surface area contributed by atoms with E-state index in [4.69, 9.17) is 4.74 Å². The number of nitrogens with zero attached hydrogens (tertiary/aromatic N) is 2. The molecule has 18 heavy (non-hydrogen) atoms. The molecule has 0 aromatic carbocycles. The predicted molar refractivity (Wildman–Crippen MR) is 72.0 cm³/mol. The molecule has 5 heteroatoms. The van der Waals surface area contributed by atoms with Gasteiger partial charge in [-0.1, -0.05) is 13.0 Å². The van der Waals surface area contributed by atoms with Crippen molar-refractivity contribution in [2.45, 2.75) is 37.1 Å². The fourth-order valence-electron chi connectivity index (χ4n) is 2.17. The average molecular weight is 266 g/mol. The van der Waals surface area contributed by atoms with E-state index < -0.39 is 0 Å². The van der Waals surface area contributed by atoms with Gasteiger partial charge in [-0.2, -0.15) is 0 Å². The van der Waals surface area contributed by atoms with Gasteiger partial charge in [-0.15, -0.1) is 11.8 Å². The molecular formula is C13H18N2O2S. The van der Waals surface area contributed by atoms with Crippen LogP contribution in [0.3, 0.4) is 0 Å². The third-order valence-electron chi connectivity index (χ3n) is 3.09. The van der Waals surface area contributed by atoms with Gasteiger partial charge in [-0.05, 0) is 19.4 Å². The molecule has 1 saturated heterocycles. The molecule has 2 heterocycles. The molecule has 3 unspecified atom stereocenters. The van der Waals surface area contributed by atoms with Crippen molar-refractivity contribution in [3.63, 3.8) is 0 Å². The van der Waals surface area contributed by atoms with Gasteiger partial charge in [-0.25, -0.2) is 0 Å². The SMILES string of the molecule is CCC(OC)N1C(=O)C(C)SC1c1cccnc1. The van der Waals surface area contributed by atoms with Gasteiger partial charge in [0.25, 0.3) is 0 Å². The second-order valence-corrected chi connectivity index (χ2v) is 5.69. The van der Waals surface area contributed by atoms with Gasteiger partial charge >= 0.3 is 0 Å². The first-order valence-electron chi connectivity index (χ1n) is 6.09. The quantitative estimate of drug-likeness (QED) is 0.839. The lowest BCUT2D eigenvalue weighted by molar-refractivity contribution is -0.142.